The van der Waals surface area contributed by atoms with Crippen molar-refractivity contribution >= 4 is 28.9 Å². The Morgan fingerprint density at radius 2 is 1.66 bits per heavy atom. The van der Waals surface area contributed by atoms with Crippen molar-refractivity contribution in [1.82, 2.24) is 4.90 Å². The molecule has 2 aromatic carbocycles. The first-order valence-corrected chi connectivity index (χ1v) is 11.3. The molecule has 0 radical (unpaired) electrons. The number of hydrogen-bond donors (Lipinski definition) is 2. The quantitative estimate of drug-likeness (QED) is 0.704. The van der Waals surface area contributed by atoms with Gasteiger partial charge in [-0.2, -0.15) is 0 Å². The van der Waals surface area contributed by atoms with E-state index in [1.165, 1.54) is 12.1 Å². The molecule has 2 aliphatic rings. The fourth-order valence-corrected chi connectivity index (χ4v) is 4.56. The zero-order valence-electron chi connectivity index (χ0n) is 18.7. The molecule has 0 aromatic heterocycles. The third-order valence-electron chi connectivity index (χ3n) is 6.59. The molecule has 1 saturated heterocycles. The number of carbonyl (C=O) groups excluding carboxylic acids is 2. The number of likely N-dealkylation sites (N-methyl/N-ethyl adjacent to an activating group) is 1. The van der Waals surface area contributed by atoms with Crippen LogP contribution in [-0.2, 0) is 4.79 Å². The smallest absolute Gasteiger partial charge is 0.258 e. The number of amides is 2. The van der Waals surface area contributed by atoms with E-state index in [1.54, 1.807) is 6.07 Å². The highest BCUT2D eigenvalue weighted by atomic mass is 19.1. The highest BCUT2D eigenvalue weighted by molar-refractivity contribution is 6.05. The normalized spacial score (nSPS) is 18.9. The van der Waals surface area contributed by atoms with Gasteiger partial charge in [0.25, 0.3) is 5.91 Å². The van der Waals surface area contributed by atoms with Crippen LogP contribution >= 0.6 is 0 Å². The van der Waals surface area contributed by atoms with E-state index in [0.29, 0.717) is 17.4 Å². The van der Waals surface area contributed by atoms with Gasteiger partial charge in [0.1, 0.15) is 5.82 Å². The molecule has 1 aliphatic carbocycles. The van der Waals surface area contributed by atoms with Crippen molar-refractivity contribution in [3.05, 3.63) is 53.8 Å². The van der Waals surface area contributed by atoms with Gasteiger partial charge in [0.15, 0.2) is 0 Å². The maximum Gasteiger partial charge on any atom is 0.258 e. The average molecular weight is 439 g/mol. The molecular formula is C25H31FN4O2. The van der Waals surface area contributed by atoms with Crippen molar-refractivity contribution in [2.75, 3.05) is 42.7 Å². The molecule has 0 spiro atoms. The molecule has 2 N–H and O–H groups in total. The van der Waals surface area contributed by atoms with Crippen LogP contribution in [0.25, 0.3) is 0 Å². The first-order valence-electron chi connectivity index (χ1n) is 11.3. The fraction of sp³-hybridized carbons (Fsp3) is 0.440. The highest BCUT2D eigenvalue weighted by Crippen LogP contribution is 2.27. The zero-order valence-corrected chi connectivity index (χ0v) is 18.7. The molecule has 2 fully saturated rings. The Balaban J connectivity index is 1.35. The largest absolute Gasteiger partial charge is 0.370 e. The molecule has 1 unspecified atom stereocenters. The topological polar surface area (TPSA) is 64.7 Å². The number of nitrogens with zero attached hydrogens (tertiary/aromatic N) is 2. The predicted octanol–water partition coefficient (Wildman–Crippen LogP) is 4.35. The number of hydrogen-bond acceptors (Lipinski definition) is 4. The van der Waals surface area contributed by atoms with Gasteiger partial charge in [-0.1, -0.05) is 12.8 Å². The standard InChI is InChI=1S/C25H31FN4O2/c1-29(2)21-13-14-30(16-21)20-10-7-18(8-11-20)27-25(32)22-12-9-19(15-23(22)26)28-24(31)17-5-3-4-6-17/h7-12,15,17,21H,3-6,13-14,16H2,1-2H3,(H,27,32)(H,28,31). The van der Waals surface area contributed by atoms with Gasteiger partial charge in [0, 0.05) is 42.1 Å². The number of halogens is 1. The van der Waals surface area contributed by atoms with Gasteiger partial charge in [-0.3, -0.25) is 9.59 Å². The lowest BCUT2D eigenvalue weighted by molar-refractivity contribution is -0.119. The van der Waals surface area contributed by atoms with E-state index in [4.69, 9.17) is 0 Å². The first kappa shape index (κ1) is 22.3. The summed E-state index contributed by atoms with van der Waals surface area (Å²) in [5.41, 5.74) is 2.05. The molecule has 32 heavy (non-hydrogen) atoms. The van der Waals surface area contributed by atoms with E-state index in [-0.39, 0.29) is 17.4 Å². The summed E-state index contributed by atoms with van der Waals surface area (Å²) < 4.78 is 14.6. The van der Waals surface area contributed by atoms with Gasteiger partial charge < -0.3 is 20.4 Å². The van der Waals surface area contributed by atoms with E-state index in [0.717, 1.165) is 50.9 Å². The van der Waals surface area contributed by atoms with E-state index in [2.05, 4.69) is 34.5 Å². The van der Waals surface area contributed by atoms with Crippen LogP contribution in [-0.4, -0.2) is 49.9 Å². The molecule has 1 atom stereocenters. The number of benzene rings is 2. The summed E-state index contributed by atoms with van der Waals surface area (Å²) in [5, 5.41) is 5.52. The minimum Gasteiger partial charge on any atom is -0.370 e. The molecule has 4 rings (SSSR count). The monoisotopic (exact) mass is 438 g/mol. The van der Waals surface area contributed by atoms with Crippen molar-refractivity contribution < 1.29 is 14.0 Å². The number of carbonyl (C=O) groups is 2. The molecule has 0 bridgehead atoms. The van der Waals surface area contributed by atoms with Crippen molar-refractivity contribution in [2.45, 2.75) is 38.1 Å². The van der Waals surface area contributed by atoms with Gasteiger partial charge in [0.05, 0.1) is 5.56 Å². The summed E-state index contributed by atoms with van der Waals surface area (Å²) in [4.78, 5) is 29.4. The highest BCUT2D eigenvalue weighted by Gasteiger charge is 2.25. The van der Waals surface area contributed by atoms with Gasteiger partial charge >= 0.3 is 0 Å². The summed E-state index contributed by atoms with van der Waals surface area (Å²) in [6, 6.07) is 12.4. The molecule has 2 amide bonds. The summed E-state index contributed by atoms with van der Waals surface area (Å²) in [6.07, 6.45) is 4.99. The second kappa shape index (κ2) is 9.69. The van der Waals surface area contributed by atoms with Crippen LogP contribution in [0.3, 0.4) is 0 Å². The van der Waals surface area contributed by atoms with Gasteiger partial charge in [-0.15, -0.1) is 0 Å². The van der Waals surface area contributed by atoms with Crippen LogP contribution in [0.15, 0.2) is 42.5 Å². The second-order valence-corrected chi connectivity index (χ2v) is 9.02. The summed E-state index contributed by atoms with van der Waals surface area (Å²) >= 11 is 0. The lowest BCUT2D eigenvalue weighted by Crippen LogP contribution is -2.31. The third kappa shape index (κ3) is 5.10. The molecule has 1 saturated carbocycles. The van der Waals surface area contributed by atoms with Crippen LogP contribution in [0.1, 0.15) is 42.5 Å². The molecule has 170 valence electrons. The number of rotatable bonds is 6. The predicted molar refractivity (Wildman–Crippen MR) is 126 cm³/mol. The maximum atomic E-state index is 14.6. The molecule has 1 heterocycles. The van der Waals surface area contributed by atoms with Crippen LogP contribution in [0.2, 0.25) is 0 Å². The minimum atomic E-state index is -0.657. The van der Waals surface area contributed by atoms with Crippen molar-refractivity contribution in [3.63, 3.8) is 0 Å². The van der Waals surface area contributed by atoms with Crippen LogP contribution in [0, 0.1) is 11.7 Å². The first-order chi connectivity index (χ1) is 15.4. The molecular weight excluding hydrogens is 407 g/mol. The van der Waals surface area contributed by atoms with Gasteiger partial charge in [-0.25, -0.2) is 4.39 Å². The Morgan fingerprint density at radius 3 is 2.28 bits per heavy atom. The Morgan fingerprint density at radius 1 is 0.969 bits per heavy atom. The summed E-state index contributed by atoms with van der Waals surface area (Å²) in [7, 11) is 4.20. The summed E-state index contributed by atoms with van der Waals surface area (Å²) in [5.74, 6) is -1.25. The van der Waals surface area contributed by atoms with Crippen molar-refractivity contribution in [3.8, 4) is 0 Å². The Hall–Kier alpha value is -2.93. The maximum absolute atomic E-state index is 14.6. The SMILES string of the molecule is CN(C)C1CCN(c2ccc(NC(=O)c3ccc(NC(=O)C4CCCC4)cc3F)cc2)C1. The second-order valence-electron chi connectivity index (χ2n) is 9.02. The Kier molecular flexibility index (Phi) is 6.74. The van der Waals surface area contributed by atoms with Crippen molar-refractivity contribution in [1.29, 1.82) is 0 Å². The van der Waals surface area contributed by atoms with Crippen LogP contribution in [0.5, 0.6) is 0 Å². The van der Waals surface area contributed by atoms with E-state index < -0.39 is 11.7 Å². The molecule has 2 aromatic rings. The van der Waals surface area contributed by atoms with Gasteiger partial charge in [-0.05, 0) is 75.8 Å². The average Bonchev–Trinajstić information content (AvgIpc) is 3.47. The Labute approximate surface area is 188 Å². The fourth-order valence-electron chi connectivity index (χ4n) is 4.56. The van der Waals surface area contributed by atoms with Crippen molar-refractivity contribution in [2.24, 2.45) is 5.92 Å². The molecule has 7 heteroatoms. The lowest BCUT2D eigenvalue weighted by atomic mass is 10.1. The number of nitrogens with one attached hydrogen (secondary N) is 2. The Bertz CT molecular complexity index is 970. The number of anilines is 3. The molecule has 1 aliphatic heterocycles. The van der Waals surface area contributed by atoms with E-state index >= 15 is 0 Å². The van der Waals surface area contributed by atoms with E-state index in [9.17, 15) is 14.0 Å². The summed E-state index contributed by atoms with van der Waals surface area (Å²) in [6.45, 7) is 1.98. The molecule has 6 nitrogen and oxygen atoms in total. The zero-order chi connectivity index (χ0) is 22.7. The van der Waals surface area contributed by atoms with Crippen LogP contribution in [0.4, 0.5) is 21.5 Å². The van der Waals surface area contributed by atoms with Gasteiger partial charge in [0.2, 0.25) is 5.91 Å². The van der Waals surface area contributed by atoms with Crippen LogP contribution < -0.4 is 15.5 Å². The lowest BCUT2D eigenvalue weighted by Gasteiger charge is -2.22. The minimum absolute atomic E-state index is 0.00154. The third-order valence-corrected chi connectivity index (χ3v) is 6.59. The van der Waals surface area contributed by atoms with E-state index in [1.807, 2.05) is 24.3 Å².